The molecule has 0 bridgehead atoms. The molecule has 4 rings (SSSR count). The van der Waals surface area contributed by atoms with Gasteiger partial charge in [0.25, 0.3) is 5.91 Å². The highest BCUT2D eigenvalue weighted by Crippen LogP contribution is 2.36. The predicted molar refractivity (Wildman–Crippen MR) is 149 cm³/mol. The summed E-state index contributed by atoms with van der Waals surface area (Å²) in [6.07, 6.45) is 1.67. The maximum Gasteiger partial charge on any atom is 0.336 e. The summed E-state index contributed by atoms with van der Waals surface area (Å²) in [4.78, 5) is 27.6. The SMILES string of the molecule is COc1cc(C(=O)O)c(-c2ccccc2CN2CCc3cc(C(=N)N)ccc32)cc1C(=O)NCCC(C)C. The number of carbonyl (C=O) groups excluding carboxylic acids is 1. The van der Waals surface area contributed by atoms with Crippen molar-refractivity contribution in [3.8, 4) is 16.9 Å². The zero-order valence-electron chi connectivity index (χ0n) is 22.0. The Kier molecular flexibility index (Phi) is 8.00. The van der Waals surface area contributed by atoms with Gasteiger partial charge in [-0.3, -0.25) is 10.2 Å². The fraction of sp³-hybridized carbons (Fsp3) is 0.300. The van der Waals surface area contributed by atoms with E-state index in [0.717, 1.165) is 41.8 Å². The van der Waals surface area contributed by atoms with Crippen LogP contribution >= 0.6 is 0 Å². The third-order valence-corrected chi connectivity index (χ3v) is 6.87. The third-order valence-electron chi connectivity index (χ3n) is 6.87. The van der Waals surface area contributed by atoms with Crippen molar-refractivity contribution in [2.75, 3.05) is 25.1 Å². The van der Waals surface area contributed by atoms with Gasteiger partial charge in [0.2, 0.25) is 0 Å². The van der Waals surface area contributed by atoms with Crippen molar-refractivity contribution in [1.29, 1.82) is 5.41 Å². The Morgan fingerprint density at radius 1 is 1.11 bits per heavy atom. The normalized spacial score (nSPS) is 12.4. The van der Waals surface area contributed by atoms with Crippen molar-refractivity contribution in [2.24, 2.45) is 11.7 Å². The lowest BCUT2D eigenvalue weighted by atomic mass is 9.92. The van der Waals surface area contributed by atoms with Crippen LogP contribution in [0.2, 0.25) is 0 Å². The quantitative estimate of drug-likeness (QED) is 0.230. The topological polar surface area (TPSA) is 129 Å². The second kappa shape index (κ2) is 11.4. The molecule has 198 valence electrons. The molecule has 0 radical (unpaired) electrons. The third kappa shape index (κ3) is 5.64. The van der Waals surface area contributed by atoms with Gasteiger partial charge in [-0.15, -0.1) is 0 Å². The van der Waals surface area contributed by atoms with Crippen molar-refractivity contribution in [3.05, 3.63) is 82.4 Å². The van der Waals surface area contributed by atoms with E-state index in [0.29, 0.717) is 35.7 Å². The summed E-state index contributed by atoms with van der Waals surface area (Å²) in [6, 6.07) is 16.5. The van der Waals surface area contributed by atoms with Gasteiger partial charge in [-0.1, -0.05) is 38.1 Å². The summed E-state index contributed by atoms with van der Waals surface area (Å²) in [5, 5.41) is 20.7. The average molecular weight is 515 g/mol. The molecule has 8 nitrogen and oxygen atoms in total. The average Bonchev–Trinajstić information content (AvgIpc) is 3.29. The first-order chi connectivity index (χ1) is 18.2. The number of rotatable bonds is 10. The number of benzene rings is 3. The molecule has 3 aromatic rings. The van der Waals surface area contributed by atoms with Crippen molar-refractivity contribution in [1.82, 2.24) is 5.32 Å². The van der Waals surface area contributed by atoms with E-state index in [-0.39, 0.29) is 23.1 Å². The number of hydrogen-bond acceptors (Lipinski definition) is 5. The minimum atomic E-state index is -1.09. The molecule has 0 saturated carbocycles. The molecule has 5 N–H and O–H groups in total. The van der Waals surface area contributed by atoms with Gasteiger partial charge < -0.3 is 25.8 Å². The summed E-state index contributed by atoms with van der Waals surface area (Å²) in [6.45, 7) is 6.05. The predicted octanol–water partition coefficient (Wildman–Crippen LogP) is 4.68. The molecule has 0 atom stereocenters. The van der Waals surface area contributed by atoms with E-state index in [4.69, 9.17) is 15.9 Å². The second-order valence-electron chi connectivity index (χ2n) is 9.93. The standard InChI is InChI=1S/C30H34N4O4/c1-18(2)10-12-33-29(35)25-15-23(24(30(36)37)16-27(25)38-3)22-7-5-4-6-21(22)17-34-13-11-19-14-20(28(31)32)8-9-26(19)34/h4-9,14-16,18H,10-13,17H2,1-3H3,(H3,31,32)(H,33,35)(H,36,37). The van der Waals surface area contributed by atoms with Crippen LogP contribution in [-0.4, -0.2) is 43.0 Å². The van der Waals surface area contributed by atoms with Crippen molar-refractivity contribution in [3.63, 3.8) is 0 Å². The number of carboxylic acids is 1. The molecular formula is C30H34N4O4. The molecule has 1 heterocycles. The van der Waals surface area contributed by atoms with Crippen LogP contribution in [0.1, 0.15) is 57.7 Å². The maximum absolute atomic E-state index is 13.1. The van der Waals surface area contributed by atoms with Crippen LogP contribution in [0.15, 0.2) is 54.6 Å². The number of hydrogen-bond donors (Lipinski definition) is 4. The lowest BCUT2D eigenvalue weighted by molar-refractivity contribution is 0.0696. The van der Waals surface area contributed by atoms with Crippen LogP contribution in [0.5, 0.6) is 5.75 Å². The first-order valence-corrected chi connectivity index (χ1v) is 12.7. The van der Waals surface area contributed by atoms with E-state index in [1.165, 1.54) is 13.2 Å². The summed E-state index contributed by atoms with van der Waals surface area (Å²) in [7, 11) is 1.43. The molecule has 0 spiro atoms. The number of carboxylic acid groups (broad SMARTS) is 1. The monoisotopic (exact) mass is 514 g/mol. The number of nitrogens with one attached hydrogen (secondary N) is 2. The Balaban J connectivity index is 1.72. The number of methoxy groups -OCH3 is 1. The Labute approximate surface area is 222 Å². The van der Waals surface area contributed by atoms with E-state index in [1.54, 1.807) is 6.07 Å². The Morgan fingerprint density at radius 3 is 2.55 bits per heavy atom. The lowest BCUT2D eigenvalue weighted by Gasteiger charge is -2.22. The molecule has 0 fully saturated rings. The van der Waals surface area contributed by atoms with Gasteiger partial charge in [0.1, 0.15) is 11.6 Å². The molecular weight excluding hydrogens is 480 g/mol. The largest absolute Gasteiger partial charge is 0.496 e. The summed E-state index contributed by atoms with van der Waals surface area (Å²) >= 11 is 0. The lowest BCUT2D eigenvalue weighted by Crippen LogP contribution is -2.26. The van der Waals surface area contributed by atoms with Gasteiger partial charge in [0, 0.05) is 30.9 Å². The number of aromatic carboxylic acids is 1. The van der Waals surface area contributed by atoms with Crippen LogP contribution < -0.4 is 20.7 Å². The van der Waals surface area contributed by atoms with Crippen molar-refractivity contribution < 1.29 is 19.4 Å². The molecule has 1 aliphatic rings. The summed E-state index contributed by atoms with van der Waals surface area (Å²) in [5.41, 5.74) is 11.1. The zero-order chi connectivity index (χ0) is 27.4. The molecule has 8 heteroatoms. The number of anilines is 1. The Bertz CT molecular complexity index is 1380. The molecule has 3 aromatic carbocycles. The second-order valence-corrected chi connectivity index (χ2v) is 9.93. The first kappa shape index (κ1) is 26.7. The van der Waals surface area contributed by atoms with Gasteiger partial charge in [-0.2, -0.15) is 0 Å². The minimum absolute atomic E-state index is 0.0429. The smallest absolute Gasteiger partial charge is 0.336 e. The van der Waals surface area contributed by atoms with Crippen LogP contribution in [-0.2, 0) is 13.0 Å². The van der Waals surface area contributed by atoms with Crippen LogP contribution in [0, 0.1) is 11.3 Å². The summed E-state index contributed by atoms with van der Waals surface area (Å²) < 4.78 is 5.42. The molecule has 0 aromatic heterocycles. The molecule has 0 saturated heterocycles. The molecule has 1 amide bonds. The van der Waals surface area contributed by atoms with Crippen molar-refractivity contribution >= 4 is 23.4 Å². The fourth-order valence-corrected chi connectivity index (χ4v) is 4.82. The highest BCUT2D eigenvalue weighted by molar-refractivity contribution is 6.03. The molecule has 1 aliphatic heterocycles. The van der Waals surface area contributed by atoms with Crippen LogP contribution in [0.3, 0.4) is 0 Å². The number of fused-ring (bicyclic) bond motifs is 1. The number of amidine groups is 1. The number of amides is 1. The molecule has 0 unspecified atom stereocenters. The summed E-state index contributed by atoms with van der Waals surface area (Å²) in [5.74, 6) is -0.684. The van der Waals surface area contributed by atoms with E-state index >= 15 is 0 Å². The van der Waals surface area contributed by atoms with Crippen LogP contribution in [0.25, 0.3) is 11.1 Å². The first-order valence-electron chi connectivity index (χ1n) is 12.7. The fourth-order valence-electron chi connectivity index (χ4n) is 4.82. The molecule has 0 aliphatic carbocycles. The van der Waals surface area contributed by atoms with Crippen molar-refractivity contribution in [2.45, 2.75) is 33.2 Å². The number of nitrogens with zero attached hydrogens (tertiary/aromatic N) is 1. The van der Waals surface area contributed by atoms with E-state index in [1.807, 2.05) is 42.5 Å². The number of nitrogen functional groups attached to an aromatic ring is 1. The number of ether oxygens (including phenoxy) is 1. The van der Waals surface area contributed by atoms with Gasteiger partial charge >= 0.3 is 5.97 Å². The highest BCUT2D eigenvalue weighted by Gasteiger charge is 2.24. The zero-order valence-corrected chi connectivity index (χ0v) is 22.0. The van der Waals surface area contributed by atoms with E-state index in [9.17, 15) is 14.7 Å². The van der Waals surface area contributed by atoms with Gasteiger partial charge in [0.15, 0.2) is 0 Å². The minimum Gasteiger partial charge on any atom is -0.496 e. The Hall–Kier alpha value is -4.33. The van der Waals surface area contributed by atoms with E-state index < -0.39 is 5.97 Å². The number of nitrogens with two attached hydrogens (primary N) is 1. The maximum atomic E-state index is 13.1. The Morgan fingerprint density at radius 2 is 1.87 bits per heavy atom. The van der Waals surface area contributed by atoms with Crippen LogP contribution in [0.4, 0.5) is 5.69 Å². The van der Waals surface area contributed by atoms with Gasteiger partial charge in [0.05, 0.1) is 18.2 Å². The number of carbonyl (C=O) groups is 2. The highest BCUT2D eigenvalue weighted by atomic mass is 16.5. The van der Waals surface area contributed by atoms with Gasteiger partial charge in [-0.05, 0) is 71.3 Å². The van der Waals surface area contributed by atoms with E-state index in [2.05, 4.69) is 24.1 Å². The molecule has 38 heavy (non-hydrogen) atoms. The van der Waals surface area contributed by atoms with Gasteiger partial charge in [-0.25, -0.2) is 4.79 Å².